The highest BCUT2D eigenvalue weighted by Crippen LogP contribution is 2.46. The van der Waals surface area contributed by atoms with Crippen molar-refractivity contribution >= 4 is 29.3 Å². The number of hydrogen-bond acceptors (Lipinski definition) is 7. The zero-order chi connectivity index (χ0) is 25.8. The number of ether oxygens (including phenoxy) is 3. The number of benzene rings is 2. The highest BCUT2D eigenvalue weighted by atomic mass is 35.5. The molecule has 188 valence electrons. The Morgan fingerprint density at radius 3 is 2.31 bits per heavy atom. The summed E-state index contributed by atoms with van der Waals surface area (Å²) in [5, 5.41) is 3.97. The first kappa shape index (κ1) is 25.7. The minimum absolute atomic E-state index is 0.00369. The smallest absolute Gasteiger partial charge is 0.336 e. The van der Waals surface area contributed by atoms with Crippen molar-refractivity contribution in [1.82, 2.24) is 5.32 Å². The third kappa shape index (κ3) is 5.53. The van der Waals surface area contributed by atoms with Gasteiger partial charge in [-0.15, -0.1) is 0 Å². The summed E-state index contributed by atoms with van der Waals surface area (Å²) >= 11 is 6.05. The number of methoxy groups -OCH3 is 1. The predicted molar refractivity (Wildman–Crippen MR) is 135 cm³/mol. The monoisotopic (exact) mass is 509 g/mol. The average molecular weight is 510 g/mol. The second-order valence-corrected chi connectivity index (χ2v) is 9.30. The van der Waals surface area contributed by atoms with Gasteiger partial charge >= 0.3 is 11.9 Å². The zero-order valence-electron chi connectivity index (χ0n) is 20.4. The Labute approximate surface area is 215 Å². The number of halogens is 1. The van der Waals surface area contributed by atoms with Crippen molar-refractivity contribution in [3.05, 3.63) is 87.2 Å². The lowest BCUT2D eigenvalue weighted by molar-refractivity contribution is -0.140. The SMILES string of the molecule is COCCOC(=O)C1=C(C)NC2=C(C(=O)C[C@H](c3ccc(Cl)cc3)C2)[C@@H]1c1ccc(OC(C)=O)cc1. The van der Waals surface area contributed by atoms with Crippen LogP contribution in [0.3, 0.4) is 0 Å². The van der Waals surface area contributed by atoms with Crippen molar-refractivity contribution in [2.45, 2.75) is 38.5 Å². The van der Waals surface area contributed by atoms with E-state index in [2.05, 4.69) is 5.32 Å². The number of carbonyl (C=O) groups is 3. The molecule has 0 spiro atoms. The van der Waals surface area contributed by atoms with E-state index >= 15 is 0 Å². The van der Waals surface area contributed by atoms with Gasteiger partial charge in [-0.05, 0) is 54.7 Å². The molecule has 1 heterocycles. The number of dihydropyridines is 1. The van der Waals surface area contributed by atoms with Gasteiger partial charge in [0.05, 0.1) is 12.2 Å². The Balaban J connectivity index is 1.73. The number of ketones is 1. The number of allylic oxidation sites excluding steroid dienone is 3. The summed E-state index contributed by atoms with van der Waals surface area (Å²) in [6.45, 7) is 3.51. The molecule has 7 nitrogen and oxygen atoms in total. The molecule has 1 aliphatic carbocycles. The Kier molecular flexibility index (Phi) is 7.91. The first-order valence-electron chi connectivity index (χ1n) is 11.7. The molecular formula is C28H28ClNO6. The van der Waals surface area contributed by atoms with Gasteiger partial charge in [-0.1, -0.05) is 35.9 Å². The summed E-state index contributed by atoms with van der Waals surface area (Å²) in [5.41, 5.74) is 4.14. The van der Waals surface area contributed by atoms with Crippen LogP contribution in [0, 0.1) is 0 Å². The van der Waals surface area contributed by atoms with Gasteiger partial charge in [0.15, 0.2) is 5.78 Å². The molecule has 36 heavy (non-hydrogen) atoms. The second kappa shape index (κ2) is 11.1. The lowest BCUT2D eigenvalue weighted by Gasteiger charge is -2.36. The van der Waals surface area contributed by atoms with E-state index in [0.717, 1.165) is 16.8 Å². The maximum absolute atomic E-state index is 13.6. The second-order valence-electron chi connectivity index (χ2n) is 8.86. The molecular weight excluding hydrogens is 482 g/mol. The van der Waals surface area contributed by atoms with Crippen LogP contribution >= 0.6 is 11.6 Å². The van der Waals surface area contributed by atoms with Crippen LogP contribution in [0.15, 0.2) is 71.1 Å². The quantitative estimate of drug-likeness (QED) is 0.325. The molecule has 1 aliphatic heterocycles. The molecule has 0 fully saturated rings. The number of esters is 2. The molecule has 1 N–H and O–H groups in total. The van der Waals surface area contributed by atoms with Gasteiger partial charge in [-0.3, -0.25) is 9.59 Å². The number of rotatable bonds is 7. The van der Waals surface area contributed by atoms with Gasteiger partial charge in [0.2, 0.25) is 0 Å². The molecule has 4 rings (SSSR count). The van der Waals surface area contributed by atoms with Gasteiger partial charge in [0, 0.05) is 48.4 Å². The maximum Gasteiger partial charge on any atom is 0.336 e. The zero-order valence-corrected chi connectivity index (χ0v) is 21.2. The van der Waals surface area contributed by atoms with Gasteiger partial charge < -0.3 is 19.5 Å². The van der Waals surface area contributed by atoms with E-state index in [1.165, 1.54) is 14.0 Å². The third-order valence-electron chi connectivity index (χ3n) is 6.38. The van der Waals surface area contributed by atoms with Crippen LogP contribution in [0.25, 0.3) is 0 Å². The molecule has 0 saturated carbocycles. The van der Waals surface area contributed by atoms with Crippen molar-refractivity contribution < 1.29 is 28.6 Å². The summed E-state index contributed by atoms with van der Waals surface area (Å²) in [4.78, 5) is 38.1. The van der Waals surface area contributed by atoms with E-state index in [0.29, 0.717) is 40.5 Å². The van der Waals surface area contributed by atoms with E-state index in [4.69, 9.17) is 25.8 Å². The number of hydrogen-bond donors (Lipinski definition) is 1. The molecule has 0 unspecified atom stereocenters. The first-order chi connectivity index (χ1) is 17.3. The van der Waals surface area contributed by atoms with E-state index in [9.17, 15) is 14.4 Å². The van der Waals surface area contributed by atoms with Crippen molar-refractivity contribution in [2.75, 3.05) is 20.3 Å². The van der Waals surface area contributed by atoms with Gasteiger partial charge in [0.25, 0.3) is 0 Å². The Morgan fingerprint density at radius 2 is 1.67 bits per heavy atom. The molecule has 8 heteroatoms. The molecule has 2 aromatic rings. The normalized spacial score (nSPS) is 19.5. The molecule has 0 radical (unpaired) electrons. The Hall–Kier alpha value is -3.42. The van der Waals surface area contributed by atoms with Gasteiger partial charge in [-0.25, -0.2) is 4.79 Å². The van der Waals surface area contributed by atoms with Crippen molar-refractivity contribution in [1.29, 1.82) is 0 Å². The highest BCUT2D eigenvalue weighted by Gasteiger charge is 2.41. The van der Waals surface area contributed by atoms with Gasteiger partial charge in [0.1, 0.15) is 12.4 Å². The predicted octanol–water partition coefficient (Wildman–Crippen LogP) is 4.82. The van der Waals surface area contributed by atoms with Crippen molar-refractivity contribution in [2.24, 2.45) is 0 Å². The minimum Gasteiger partial charge on any atom is -0.460 e. The van der Waals surface area contributed by atoms with Crippen LogP contribution in [-0.4, -0.2) is 38.0 Å². The fraction of sp³-hybridized carbons (Fsp3) is 0.321. The van der Waals surface area contributed by atoms with Crippen molar-refractivity contribution in [3.8, 4) is 5.75 Å². The highest BCUT2D eigenvalue weighted by molar-refractivity contribution is 6.30. The van der Waals surface area contributed by atoms with E-state index in [1.807, 2.05) is 31.2 Å². The fourth-order valence-corrected chi connectivity index (χ4v) is 4.93. The molecule has 0 aromatic heterocycles. The number of Topliss-reactive ketones (excluding diaryl/α,β-unsaturated/α-hetero) is 1. The van der Waals surface area contributed by atoms with E-state index in [-0.39, 0.29) is 24.9 Å². The lowest BCUT2D eigenvalue weighted by atomic mass is 9.72. The molecule has 0 amide bonds. The number of nitrogens with one attached hydrogen (secondary N) is 1. The summed E-state index contributed by atoms with van der Waals surface area (Å²) in [6, 6.07) is 14.4. The van der Waals surface area contributed by atoms with Crippen LogP contribution in [0.2, 0.25) is 5.02 Å². The maximum atomic E-state index is 13.6. The summed E-state index contributed by atoms with van der Waals surface area (Å²) in [6.07, 6.45) is 0.934. The largest absolute Gasteiger partial charge is 0.460 e. The standard InChI is InChI=1S/C28H28ClNO6/c1-16-25(28(33)35-13-12-34-3)26(19-6-10-22(11-7-19)36-17(2)31)27-23(30-16)14-20(15-24(27)32)18-4-8-21(29)9-5-18/h4-11,20,26,30H,12-15H2,1-3H3/t20-,26-/m1/s1. The molecule has 2 aromatic carbocycles. The van der Waals surface area contributed by atoms with Crippen LogP contribution < -0.4 is 10.1 Å². The summed E-state index contributed by atoms with van der Waals surface area (Å²) in [5.74, 6) is -1.20. The topological polar surface area (TPSA) is 90.9 Å². The molecule has 2 atom stereocenters. The van der Waals surface area contributed by atoms with Crippen LogP contribution in [0.5, 0.6) is 5.75 Å². The lowest BCUT2D eigenvalue weighted by Crippen LogP contribution is -2.36. The number of carbonyl (C=O) groups excluding carboxylic acids is 3. The molecule has 0 saturated heterocycles. The summed E-state index contributed by atoms with van der Waals surface area (Å²) < 4.78 is 15.6. The summed E-state index contributed by atoms with van der Waals surface area (Å²) in [7, 11) is 1.53. The van der Waals surface area contributed by atoms with Crippen LogP contribution in [-0.2, 0) is 23.9 Å². The van der Waals surface area contributed by atoms with Gasteiger partial charge in [-0.2, -0.15) is 0 Å². The van der Waals surface area contributed by atoms with Crippen molar-refractivity contribution in [3.63, 3.8) is 0 Å². The fourth-order valence-electron chi connectivity index (χ4n) is 4.80. The Bertz CT molecular complexity index is 1230. The van der Waals surface area contributed by atoms with Crippen LogP contribution in [0.4, 0.5) is 0 Å². The molecule has 2 aliphatic rings. The van der Waals surface area contributed by atoms with Crippen LogP contribution in [0.1, 0.15) is 49.7 Å². The Morgan fingerprint density at radius 1 is 1.00 bits per heavy atom. The molecule has 0 bridgehead atoms. The van der Waals surface area contributed by atoms with E-state index < -0.39 is 17.9 Å². The van der Waals surface area contributed by atoms with E-state index in [1.54, 1.807) is 24.3 Å². The average Bonchev–Trinajstić information content (AvgIpc) is 2.83. The minimum atomic E-state index is -0.610. The third-order valence-corrected chi connectivity index (χ3v) is 6.64. The first-order valence-corrected chi connectivity index (χ1v) is 12.1.